The van der Waals surface area contributed by atoms with Crippen LogP contribution in [0, 0.1) is 9.52 Å². The first-order chi connectivity index (χ1) is 8.28. The number of amides is 1. The van der Waals surface area contributed by atoms with Crippen molar-refractivity contribution in [3.8, 4) is 0 Å². The van der Waals surface area contributed by atoms with Crippen LogP contribution in [-0.2, 0) is 11.2 Å². The molecule has 6 heteroatoms. The van der Waals surface area contributed by atoms with Crippen LogP contribution < -0.4 is 4.90 Å². The predicted octanol–water partition coefficient (Wildman–Crippen LogP) is 3.12. The number of hydrogen-bond acceptors (Lipinski definition) is 3. The fraction of sp³-hybridized carbons (Fsp3) is 0.500. The summed E-state index contributed by atoms with van der Waals surface area (Å²) in [5.74, 6) is -0.192. The van der Waals surface area contributed by atoms with E-state index in [-0.39, 0.29) is 0 Å². The van der Waals surface area contributed by atoms with E-state index in [1.165, 1.54) is 11.0 Å². The summed E-state index contributed by atoms with van der Waals surface area (Å²) in [6, 6.07) is 1.37. The second-order valence-corrected chi connectivity index (χ2v) is 6.27. The van der Waals surface area contributed by atoms with Gasteiger partial charge in [0.15, 0.2) is 0 Å². The third kappa shape index (κ3) is 2.73. The van der Waals surface area contributed by atoms with E-state index >= 15 is 0 Å². The molecule has 0 aliphatic carbocycles. The Labute approximate surface area is 119 Å². The Balaban J connectivity index is 2.29. The summed E-state index contributed by atoms with van der Waals surface area (Å²) >= 11 is 2.05. The number of rotatable bonds is 0. The van der Waals surface area contributed by atoms with E-state index in [9.17, 15) is 9.18 Å². The molecule has 1 aromatic heterocycles. The molecule has 0 fully saturated rings. The van der Waals surface area contributed by atoms with Crippen LogP contribution in [0.2, 0.25) is 0 Å². The Morgan fingerprint density at radius 3 is 2.83 bits per heavy atom. The molecule has 18 heavy (non-hydrogen) atoms. The molecule has 0 spiro atoms. The molecule has 4 nitrogen and oxygen atoms in total. The van der Waals surface area contributed by atoms with Crippen molar-refractivity contribution in [2.24, 2.45) is 0 Å². The Bertz CT molecular complexity index is 500. The zero-order valence-corrected chi connectivity index (χ0v) is 12.6. The number of anilines is 1. The summed E-state index contributed by atoms with van der Waals surface area (Å²) in [5, 5.41) is 0. The SMILES string of the molecule is CC(C)(C)OC(=O)N1CCc2c(I)cc(F)nc21. The van der Waals surface area contributed by atoms with Gasteiger partial charge in [0.25, 0.3) is 0 Å². The normalized spacial score (nSPS) is 14.6. The summed E-state index contributed by atoms with van der Waals surface area (Å²) in [5.41, 5.74) is 0.336. The Morgan fingerprint density at radius 2 is 2.22 bits per heavy atom. The van der Waals surface area contributed by atoms with Gasteiger partial charge in [0.2, 0.25) is 5.95 Å². The largest absolute Gasteiger partial charge is 0.443 e. The van der Waals surface area contributed by atoms with Crippen LogP contribution in [-0.4, -0.2) is 23.2 Å². The first-order valence-electron chi connectivity index (χ1n) is 5.63. The Morgan fingerprint density at radius 1 is 1.56 bits per heavy atom. The number of aromatic nitrogens is 1. The number of ether oxygens (including phenoxy) is 1. The van der Waals surface area contributed by atoms with Crippen LogP contribution in [0.3, 0.4) is 0 Å². The average Bonchev–Trinajstić information content (AvgIpc) is 2.58. The van der Waals surface area contributed by atoms with Gasteiger partial charge >= 0.3 is 6.09 Å². The molecule has 2 heterocycles. The van der Waals surface area contributed by atoms with Crippen molar-refractivity contribution in [2.45, 2.75) is 32.8 Å². The monoisotopic (exact) mass is 364 g/mol. The highest BCUT2D eigenvalue weighted by Crippen LogP contribution is 2.31. The van der Waals surface area contributed by atoms with Crippen molar-refractivity contribution in [2.75, 3.05) is 11.4 Å². The third-order valence-corrected chi connectivity index (χ3v) is 3.43. The molecule has 0 atom stereocenters. The van der Waals surface area contributed by atoms with Gasteiger partial charge in [0.05, 0.1) is 0 Å². The minimum atomic E-state index is -0.575. The molecule has 0 unspecified atom stereocenters. The molecule has 0 saturated carbocycles. The molecule has 0 radical (unpaired) electrons. The van der Waals surface area contributed by atoms with E-state index in [2.05, 4.69) is 27.6 Å². The maximum Gasteiger partial charge on any atom is 0.416 e. The van der Waals surface area contributed by atoms with Crippen LogP contribution >= 0.6 is 22.6 Å². The van der Waals surface area contributed by atoms with Crippen LogP contribution in [0.25, 0.3) is 0 Å². The second kappa shape index (κ2) is 4.64. The maximum atomic E-state index is 13.3. The lowest BCUT2D eigenvalue weighted by Gasteiger charge is -2.24. The number of nitrogens with zero attached hydrogens (tertiary/aromatic N) is 2. The first-order valence-corrected chi connectivity index (χ1v) is 6.71. The van der Waals surface area contributed by atoms with E-state index < -0.39 is 17.6 Å². The highest BCUT2D eigenvalue weighted by Gasteiger charge is 2.31. The van der Waals surface area contributed by atoms with Crippen molar-refractivity contribution in [3.05, 3.63) is 21.1 Å². The van der Waals surface area contributed by atoms with Gasteiger partial charge in [-0.3, -0.25) is 4.90 Å². The minimum Gasteiger partial charge on any atom is -0.443 e. The molecule has 1 aromatic rings. The third-order valence-electron chi connectivity index (χ3n) is 2.47. The zero-order chi connectivity index (χ0) is 13.5. The van der Waals surface area contributed by atoms with Crippen molar-refractivity contribution in [3.63, 3.8) is 0 Å². The van der Waals surface area contributed by atoms with Gasteiger partial charge in [-0.1, -0.05) is 0 Å². The van der Waals surface area contributed by atoms with Gasteiger partial charge in [-0.2, -0.15) is 4.39 Å². The van der Waals surface area contributed by atoms with Crippen molar-refractivity contribution < 1.29 is 13.9 Å². The predicted molar refractivity (Wildman–Crippen MR) is 74.2 cm³/mol. The first kappa shape index (κ1) is 13.5. The van der Waals surface area contributed by atoms with Crippen LogP contribution in [0.5, 0.6) is 0 Å². The van der Waals surface area contributed by atoms with E-state index in [0.29, 0.717) is 18.8 Å². The average molecular weight is 364 g/mol. The number of carbonyl (C=O) groups excluding carboxylic acids is 1. The van der Waals surface area contributed by atoms with Crippen molar-refractivity contribution >= 4 is 34.5 Å². The topological polar surface area (TPSA) is 42.4 Å². The molecule has 1 amide bonds. The molecule has 0 bridgehead atoms. The molecular weight excluding hydrogens is 350 g/mol. The fourth-order valence-corrected chi connectivity index (χ4v) is 2.55. The lowest BCUT2D eigenvalue weighted by molar-refractivity contribution is 0.0583. The van der Waals surface area contributed by atoms with E-state index in [1.807, 2.05) is 0 Å². The maximum absolute atomic E-state index is 13.3. The summed E-state index contributed by atoms with van der Waals surface area (Å²) < 4.78 is 19.4. The van der Waals surface area contributed by atoms with Gasteiger partial charge in [-0.25, -0.2) is 9.78 Å². The highest BCUT2D eigenvalue weighted by molar-refractivity contribution is 14.1. The zero-order valence-electron chi connectivity index (χ0n) is 10.5. The molecular formula is C12H14FIN2O2. The van der Waals surface area contributed by atoms with Gasteiger partial charge in [-0.15, -0.1) is 0 Å². The van der Waals surface area contributed by atoms with E-state index in [1.54, 1.807) is 20.8 Å². The Hall–Kier alpha value is -0.920. The summed E-state index contributed by atoms with van der Waals surface area (Å²) in [6.07, 6.45) is 0.204. The van der Waals surface area contributed by atoms with Gasteiger partial charge in [-0.05, 0) is 49.8 Å². The fourth-order valence-electron chi connectivity index (χ4n) is 1.78. The molecule has 0 N–H and O–H groups in total. The molecule has 0 aromatic carbocycles. The number of carbonyl (C=O) groups is 1. The molecule has 0 saturated heterocycles. The number of hydrogen-bond donors (Lipinski definition) is 0. The number of fused-ring (bicyclic) bond motifs is 1. The second-order valence-electron chi connectivity index (χ2n) is 5.11. The van der Waals surface area contributed by atoms with E-state index in [0.717, 1.165) is 9.13 Å². The summed E-state index contributed by atoms with van der Waals surface area (Å²) in [4.78, 5) is 17.2. The van der Waals surface area contributed by atoms with E-state index in [4.69, 9.17) is 4.74 Å². The smallest absolute Gasteiger partial charge is 0.416 e. The van der Waals surface area contributed by atoms with Crippen molar-refractivity contribution in [1.82, 2.24) is 4.98 Å². The van der Waals surface area contributed by atoms with Gasteiger partial charge < -0.3 is 4.74 Å². The highest BCUT2D eigenvalue weighted by atomic mass is 127. The molecule has 1 aliphatic rings. The van der Waals surface area contributed by atoms with Gasteiger partial charge in [0.1, 0.15) is 11.4 Å². The number of halogens is 2. The quantitative estimate of drug-likeness (QED) is 0.525. The number of pyridine rings is 1. The Kier molecular flexibility index (Phi) is 3.48. The standard InChI is InChI=1S/C12H14FIN2O2/c1-12(2,3)18-11(17)16-5-4-7-8(14)6-9(13)15-10(7)16/h6H,4-5H2,1-3H3. The molecule has 1 aliphatic heterocycles. The lowest BCUT2D eigenvalue weighted by Crippen LogP contribution is -2.36. The van der Waals surface area contributed by atoms with Crippen LogP contribution in [0.1, 0.15) is 26.3 Å². The van der Waals surface area contributed by atoms with Gasteiger partial charge in [0, 0.05) is 21.7 Å². The lowest BCUT2D eigenvalue weighted by atomic mass is 10.2. The molecule has 2 rings (SSSR count). The molecule has 98 valence electrons. The summed E-state index contributed by atoms with van der Waals surface area (Å²) in [6.45, 7) is 5.87. The summed E-state index contributed by atoms with van der Waals surface area (Å²) in [7, 11) is 0. The van der Waals surface area contributed by atoms with Crippen LogP contribution in [0.15, 0.2) is 6.07 Å². The minimum absolute atomic E-state index is 0.383. The van der Waals surface area contributed by atoms with Crippen molar-refractivity contribution in [1.29, 1.82) is 0 Å². The van der Waals surface area contributed by atoms with Crippen LogP contribution in [0.4, 0.5) is 15.0 Å².